The van der Waals surface area contributed by atoms with Crippen LogP contribution in [0.5, 0.6) is 0 Å². The zero-order valence-electron chi connectivity index (χ0n) is 49.2. The minimum absolute atomic E-state index is 0.0334. The van der Waals surface area contributed by atoms with Crippen LogP contribution in [0.1, 0.15) is 64.2 Å². The Balaban J connectivity index is 0.000000862. The first kappa shape index (κ1) is 79.2. The van der Waals surface area contributed by atoms with Crippen molar-refractivity contribution in [3.63, 3.8) is 0 Å². The van der Waals surface area contributed by atoms with E-state index in [9.17, 15) is 76.6 Å². The predicted octanol–water partition coefficient (Wildman–Crippen LogP) is -2.96. The molecule has 494 valence electrons. The van der Waals surface area contributed by atoms with E-state index in [-0.39, 0.29) is 90.6 Å². The minimum atomic E-state index is -3.86. The Morgan fingerprint density at radius 1 is 0.412 bits per heavy atom. The average Bonchev–Trinajstić information content (AvgIpc) is 3.59. The van der Waals surface area contributed by atoms with Crippen LogP contribution in [-0.4, -0.2) is 253 Å². The molecule has 2 unspecified atom stereocenters. The first-order chi connectivity index (χ1) is 39.9. The van der Waals surface area contributed by atoms with Gasteiger partial charge in [-0.15, -0.1) is 0 Å². The van der Waals surface area contributed by atoms with Gasteiger partial charge in [0.05, 0.1) is 84.8 Å². The van der Waals surface area contributed by atoms with Crippen molar-refractivity contribution in [1.29, 1.82) is 0 Å². The SMILES string of the molecule is CP(C)(=O)OCCOCCNC(=O)C(=O)NCCCOCCOCCOCCCNC(=O)C(=O)NC1CCC(OP(C)(=O)[O-])CC1.CP(C)(=O)OCCOCCNC(=O)[C@H](O)[C@@H](O)C(=O)NCCOC(=O)C(=O)NC1CCC(OP(C)(=O)[O-])CC1. The Labute approximate surface area is 495 Å². The van der Waals surface area contributed by atoms with Gasteiger partial charge in [-0.05, 0) is 64.2 Å². The maximum absolute atomic E-state index is 12.1. The number of carbonyl (C=O) groups is 8. The van der Waals surface area contributed by atoms with Crippen LogP contribution in [0.3, 0.4) is 0 Å². The second-order valence-corrected chi connectivity index (χ2v) is 29.0. The lowest BCUT2D eigenvalue weighted by molar-refractivity contribution is -0.202. The van der Waals surface area contributed by atoms with Crippen molar-refractivity contribution < 1.29 is 123 Å². The zero-order chi connectivity index (χ0) is 63.9. The zero-order valence-corrected chi connectivity index (χ0v) is 52.8. The van der Waals surface area contributed by atoms with Crippen LogP contribution in [0.2, 0.25) is 0 Å². The summed E-state index contributed by atoms with van der Waals surface area (Å²) in [6.45, 7) is 11.0. The molecule has 85 heavy (non-hydrogen) atoms. The van der Waals surface area contributed by atoms with Gasteiger partial charge in [0, 0.05) is 91.5 Å². The maximum atomic E-state index is 12.1. The molecule has 33 nitrogen and oxygen atoms in total. The fourth-order valence-electron chi connectivity index (χ4n) is 7.40. The molecule has 7 amide bonds. The van der Waals surface area contributed by atoms with Crippen molar-refractivity contribution in [3.05, 3.63) is 0 Å². The highest BCUT2D eigenvalue weighted by atomic mass is 31.2. The highest BCUT2D eigenvalue weighted by molar-refractivity contribution is 7.57. The molecular weight excluding hydrogens is 1210 g/mol. The van der Waals surface area contributed by atoms with E-state index in [1.807, 2.05) is 0 Å². The molecule has 0 aromatic carbocycles. The third-order valence-electron chi connectivity index (χ3n) is 11.4. The largest absolute Gasteiger partial charge is 0.779 e. The molecule has 2 aliphatic rings. The Kier molecular flexibility index (Phi) is 40.7. The van der Waals surface area contributed by atoms with Crippen LogP contribution < -0.4 is 47.0 Å². The van der Waals surface area contributed by atoms with Crippen molar-refractivity contribution in [2.75, 3.05) is 159 Å². The van der Waals surface area contributed by atoms with Gasteiger partial charge in [0.25, 0.3) is 11.8 Å². The standard InChI is InChI=1S/C27H52N4O13P2.C21H39N3O13P2/c1-45(2,36)43-21-20-41-15-12-30-25(33)24(32)28-10-4-13-39-16-18-42-19-17-40-14-5-11-29-26(34)27(35)31-22-6-8-23(9-7-22)44-46(3,37)38;1-38(2,31)36-13-12-34-10-8-22-18(27)16(25)17(26)19(28)23-9-11-35-21(30)20(29)24-14-4-6-15(7-5-14)37-39(3,32)33/h22-23H,4-21H2,1-3H3,(H,28,32)(H,29,34)(H,30,33)(H,31,35)(H,37,38);14-17,25-26H,4-13H2,1-3H3,(H,22,27)(H,23,28)(H,24,29)(H,32,33)/p-2/t;14?,15?,16-,17-/m.1/s1. The van der Waals surface area contributed by atoms with E-state index in [1.165, 1.54) is 26.7 Å². The van der Waals surface area contributed by atoms with Crippen LogP contribution in [0.15, 0.2) is 0 Å². The number of rotatable bonds is 40. The average molecular weight is 1300 g/mol. The summed E-state index contributed by atoms with van der Waals surface area (Å²) in [6, 6.07) is -0.549. The van der Waals surface area contributed by atoms with Gasteiger partial charge in [0.2, 0.25) is 0 Å². The van der Waals surface area contributed by atoms with Crippen molar-refractivity contribution in [3.8, 4) is 0 Å². The van der Waals surface area contributed by atoms with Gasteiger partial charge in [0.15, 0.2) is 26.9 Å². The van der Waals surface area contributed by atoms with E-state index in [4.69, 9.17) is 46.5 Å². The summed E-state index contributed by atoms with van der Waals surface area (Å²) < 4.78 is 96.6. The van der Waals surface area contributed by atoms with Crippen LogP contribution in [0.25, 0.3) is 0 Å². The topological polar surface area (TPSA) is 468 Å². The number of aliphatic hydroxyl groups is 2. The van der Waals surface area contributed by atoms with Crippen molar-refractivity contribution >= 4 is 77.2 Å². The molecule has 4 atom stereocenters. The van der Waals surface area contributed by atoms with Gasteiger partial charge < -0.3 is 113 Å². The number of carbonyl (C=O) groups excluding carboxylic acids is 8. The maximum Gasteiger partial charge on any atom is 0.396 e. The molecule has 0 aromatic rings. The summed E-state index contributed by atoms with van der Waals surface area (Å²) in [6.07, 6.45) is -0.321. The second kappa shape index (κ2) is 43.7. The number of ether oxygens (including phenoxy) is 6. The van der Waals surface area contributed by atoms with E-state index >= 15 is 0 Å². The Morgan fingerprint density at radius 3 is 1.12 bits per heavy atom. The van der Waals surface area contributed by atoms with E-state index in [0.717, 1.165) is 13.3 Å². The fraction of sp³-hybridized carbons (Fsp3) is 0.833. The summed E-state index contributed by atoms with van der Waals surface area (Å²) >= 11 is 0. The normalized spacial score (nSPS) is 19.2. The number of aliphatic hydroxyl groups excluding tert-OH is 2. The monoisotopic (exact) mass is 1300 g/mol. The molecule has 2 fully saturated rings. The van der Waals surface area contributed by atoms with Crippen molar-refractivity contribution in [1.82, 2.24) is 37.2 Å². The molecule has 0 heterocycles. The molecule has 0 aliphatic heterocycles. The van der Waals surface area contributed by atoms with Crippen molar-refractivity contribution in [2.45, 2.75) is 101 Å². The summed E-state index contributed by atoms with van der Waals surface area (Å²) in [5.41, 5.74) is 0. The van der Waals surface area contributed by atoms with Crippen LogP contribution >= 0.6 is 29.9 Å². The third-order valence-corrected chi connectivity index (χ3v) is 14.3. The molecule has 0 bridgehead atoms. The van der Waals surface area contributed by atoms with E-state index in [1.54, 1.807) is 0 Å². The molecule has 2 aliphatic carbocycles. The van der Waals surface area contributed by atoms with Gasteiger partial charge in [-0.3, -0.25) is 42.7 Å². The Morgan fingerprint density at radius 2 is 0.729 bits per heavy atom. The molecule has 37 heteroatoms. The summed E-state index contributed by atoms with van der Waals surface area (Å²) in [5.74, 6) is -7.28. The lowest BCUT2D eigenvalue weighted by Gasteiger charge is -2.32. The number of nitrogens with one attached hydrogen (secondary N) is 7. The van der Waals surface area contributed by atoms with Gasteiger partial charge >= 0.3 is 35.5 Å². The smallest absolute Gasteiger partial charge is 0.396 e. The van der Waals surface area contributed by atoms with E-state index in [2.05, 4.69) is 37.2 Å². The molecular formula is C48H89N7O26P4-2. The number of amides is 7. The summed E-state index contributed by atoms with van der Waals surface area (Å²) in [4.78, 5) is 118. The second-order valence-electron chi connectivity index (χ2n) is 20.0. The molecule has 0 spiro atoms. The quantitative estimate of drug-likeness (QED) is 0.0128. The Bertz CT molecular complexity index is 2220. The van der Waals surface area contributed by atoms with E-state index < -0.39 is 102 Å². The third kappa shape index (κ3) is 44.3. The van der Waals surface area contributed by atoms with E-state index in [0.29, 0.717) is 104 Å². The first-order valence-corrected chi connectivity index (χ1v) is 36.6. The van der Waals surface area contributed by atoms with Crippen LogP contribution in [0, 0.1) is 0 Å². The van der Waals surface area contributed by atoms with Crippen LogP contribution in [0.4, 0.5) is 0 Å². The molecule has 0 saturated heterocycles. The summed E-state index contributed by atoms with van der Waals surface area (Å²) in [7, 11) is -12.8. The van der Waals surface area contributed by atoms with Crippen LogP contribution in [-0.2, 0) is 103 Å². The van der Waals surface area contributed by atoms with Gasteiger partial charge in [-0.2, -0.15) is 0 Å². The molecule has 9 N–H and O–H groups in total. The lowest BCUT2D eigenvalue weighted by Crippen LogP contribution is -2.50. The van der Waals surface area contributed by atoms with Gasteiger partial charge in [-0.25, -0.2) is 4.79 Å². The molecule has 2 saturated carbocycles. The van der Waals surface area contributed by atoms with Gasteiger partial charge in [0.1, 0.15) is 21.8 Å². The number of esters is 1. The number of hydrogen-bond donors (Lipinski definition) is 9. The fourth-order valence-corrected chi connectivity index (χ4v) is 9.93. The first-order valence-electron chi connectivity index (χ1n) is 27.6. The predicted molar refractivity (Wildman–Crippen MR) is 300 cm³/mol. The molecule has 2 rings (SSSR count). The highest BCUT2D eigenvalue weighted by Gasteiger charge is 2.31. The highest BCUT2D eigenvalue weighted by Crippen LogP contribution is 2.39. The summed E-state index contributed by atoms with van der Waals surface area (Å²) in [5, 5.41) is 36.8. The lowest BCUT2D eigenvalue weighted by atomic mass is 9.93. The minimum Gasteiger partial charge on any atom is -0.779 e. The molecule has 0 aromatic heterocycles. The Hall–Kier alpha value is -3.84. The number of hydrogen-bond acceptors (Lipinski definition) is 26. The molecule has 0 radical (unpaired) electrons. The van der Waals surface area contributed by atoms with Gasteiger partial charge in [-0.1, -0.05) is 0 Å². The van der Waals surface area contributed by atoms with Crippen molar-refractivity contribution in [2.24, 2.45) is 0 Å².